The monoisotopic (exact) mass is 95.1 g/mol. The fourth-order valence-electron chi connectivity index (χ4n) is 1.25. The lowest BCUT2D eigenvalue weighted by atomic mass is 10.4. The SMILES string of the molecule is CCN1C2=CC21C. The van der Waals surface area contributed by atoms with Crippen LogP contribution in [0.3, 0.4) is 0 Å². The van der Waals surface area contributed by atoms with Crippen molar-refractivity contribution in [2.45, 2.75) is 19.4 Å². The largest absolute Gasteiger partial charge is 0.359 e. The molecule has 1 nitrogen and oxygen atoms in total. The van der Waals surface area contributed by atoms with E-state index in [0.717, 1.165) is 0 Å². The molecule has 0 radical (unpaired) electrons. The predicted molar refractivity (Wildman–Crippen MR) is 28.9 cm³/mol. The minimum Gasteiger partial charge on any atom is -0.359 e. The molecule has 0 N–H and O–H groups in total. The molecule has 38 valence electrons. The van der Waals surface area contributed by atoms with Crippen molar-refractivity contribution in [3.05, 3.63) is 11.8 Å². The van der Waals surface area contributed by atoms with Crippen molar-refractivity contribution in [2.24, 2.45) is 0 Å². The van der Waals surface area contributed by atoms with E-state index in [2.05, 4.69) is 24.8 Å². The summed E-state index contributed by atoms with van der Waals surface area (Å²) in [5.41, 5.74) is 2.07. The van der Waals surface area contributed by atoms with E-state index < -0.39 is 0 Å². The van der Waals surface area contributed by atoms with Gasteiger partial charge < -0.3 is 4.90 Å². The zero-order valence-corrected chi connectivity index (χ0v) is 4.73. The first-order valence-corrected chi connectivity index (χ1v) is 2.80. The molecule has 2 aliphatic rings. The number of fused-ring (bicyclic) bond motifs is 1. The first-order valence-electron chi connectivity index (χ1n) is 2.80. The Hall–Kier alpha value is -0.460. The minimum atomic E-state index is 0.509. The van der Waals surface area contributed by atoms with E-state index in [4.69, 9.17) is 0 Å². The highest BCUT2D eigenvalue weighted by atomic mass is 15.4. The van der Waals surface area contributed by atoms with E-state index >= 15 is 0 Å². The van der Waals surface area contributed by atoms with Crippen LogP contribution in [0, 0.1) is 0 Å². The summed E-state index contributed by atoms with van der Waals surface area (Å²) in [5.74, 6) is 0. The zero-order chi connectivity index (χ0) is 5.07. The minimum absolute atomic E-state index is 0.509. The smallest absolute Gasteiger partial charge is 0.0971 e. The van der Waals surface area contributed by atoms with Crippen molar-refractivity contribution in [2.75, 3.05) is 6.54 Å². The molecule has 1 saturated heterocycles. The summed E-state index contributed by atoms with van der Waals surface area (Å²) >= 11 is 0. The standard InChI is InChI=1S/C6H9N/c1-3-7-5-4-6(5,7)2/h4H,3H2,1-2H3. The highest BCUT2D eigenvalue weighted by Gasteiger charge is 2.63. The molecule has 1 fully saturated rings. The van der Waals surface area contributed by atoms with E-state index in [0.29, 0.717) is 5.54 Å². The molecule has 0 aromatic heterocycles. The van der Waals surface area contributed by atoms with E-state index in [-0.39, 0.29) is 0 Å². The summed E-state index contributed by atoms with van der Waals surface area (Å²) in [6, 6.07) is 0. The van der Waals surface area contributed by atoms with Gasteiger partial charge in [0.15, 0.2) is 0 Å². The lowest BCUT2D eigenvalue weighted by Gasteiger charge is -2.03. The average Bonchev–Trinajstić information content (AvgIpc) is 2.28. The molecule has 0 saturated carbocycles. The number of hydrogen-bond donors (Lipinski definition) is 0. The summed E-state index contributed by atoms with van der Waals surface area (Å²) in [6.07, 6.45) is 2.30. The maximum absolute atomic E-state index is 2.40. The van der Waals surface area contributed by atoms with Crippen LogP contribution >= 0.6 is 0 Å². The maximum atomic E-state index is 2.40. The van der Waals surface area contributed by atoms with Gasteiger partial charge in [0, 0.05) is 12.2 Å². The summed E-state index contributed by atoms with van der Waals surface area (Å²) < 4.78 is 0. The van der Waals surface area contributed by atoms with Gasteiger partial charge in [-0.05, 0) is 19.9 Å². The van der Waals surface area contributed by atoms with Crippen LogP contribution < -0.4 is 0 Å². The fourth-order valence-corrected chi connectivity index (χ4v) is 1.25. The molecule has 1 aliphatic heterocycles. The van der Waals surface area contributed by atoms with E-state index in [1.807, 2.05) is 0 Å². The average molecular weight is 95.1 g/mol. The molecule has 1 aliphatic carbocycles. The normalized spacial score (nSPS) is 42.6. The Kier molecular flexibility index (Phi) is 0.314. The van der Waals surface area contributed by atoms with Gasteiger partial charge >= 0.3 is 0 Å². The van der Waals surface area contributed by atoms with Gasteiger partial charge in [-0.1, -0.05) is 0 Å². The highest BCUT2D eigenvalue weighted by Crippen LogP contribution is 2.59. The van der Waals surface area contributed by atoms with E-state index in [9.17, 15) is 0 Å². The lowest BCUT2D eigenvalue weighted by molar-refractivity contribution is 0.486. The summed E-state index contributed by atoms with van der Waals surface area (Å²) in [5, 5.41) is 0. The Labute approximate surface area is 43.6 Å². The van der Waals surface area contributed by atoms with Gasteiger partial charge in [0.2, 0.25) is 0 Å². The van der Waals surface area contributed by atoms with E-state index in [1.165, 1.54) is 6.54 Å². The van der Waals surface area contributed by atoms with Gasteiger partial charge in [-0.25, -0.2) is 0 Å². The first-order chi connectivity index (χ1) is 3.29. The molecule has 0 amide bonds. The van der Waals surface area contributed by atoms with Crippen LogP contribution in [0.1, 0.15) is 13.8 Å². The molecule has 0 aromatic rings. The Balaban J connectivity index is 2.12. The molecule has 0 aromatic carbocycles. The molecule has 0 bridgehead atoms. The molecule has 1 unspecified atom stereocenters. The van der Waals surface area contributed by atoms with Crippen molar-refractivity contribution >= 4 is 0 Å². The zero-order valence-electron chi connectivity index (χ0n) is 4.73. The van der Waals surface area contributed by atoms with Crippen molar-refractivity contribution in [3.8, 4) is 0 Å². The van der Waals surface area contributed by atoms with Crippen LogP contribution in [0.15, 0.2) is 11.8 Å². The predicted octanol–water partition coefficient (Wildman–Crippen LogP) is 0.978. The van der Waals surface area contributed by atoms with Gasteiger partial charge in [-0.15, -0.1) is 0 Å². The van der Waals surface area contributed by atoms with Gasteiger partial charge in [-0.3, -0.25) is 0 Å². The third kappa shape index (κ3) is 0.202. The number of likely N-dealkylation sites (N-methyl/N-ethyl adjacent to an activating group) is 1. The molecule has 1 heterocycles. The van der Waals surface area contributed by atoms with Crippen LogP contribution in [0.5, 0.6) is 0 Å². The number of nitrogens with zero attached hydrogens (tertiary/aromatic N) is 1. The molecule has 1 heteroatoms. The van der Waals surface area contributed by atoms with Crippen LogP contribution in [-0.4, -0.2) is 17.0 Å². The first kappa shape index (κ1) is 3.53. The van der Waals surface area contributed by atoms with Crippen molar-refractivity contribution in [1.29, 1.82) is 0 Å². The Morgan fingerprint density at radius 2 is 2.43 bits per heavy atom. The van der Waals surface area contributed by atoms with Crippen LogP contribution in [0.2, 0.25) is 0 Å². The second kappa shape index (κ2) is 0.623. The summed E-state index contributed by atoms with van der Waals surface area (Å²) in [7, 11) is 0. The summed E-state index contributed by atoms with van der Waals surface area (Å²) in [4.78, 5) is 2.40. The fraction of sp³-hybridized carbons (Fsp3) is 0.667. The molecule has 2 rings (SSSR count). The Morgan fingerprint density at radius 1 is 1.86 bits per heavy atom. The topological polar surface area (TPSA) is 3.01 Å². The molecule has 1 atom stereocenters. The third-order valence-corrected chi connectivity index (χ3v) is 1.97. The van der Waals surface area contributed by atoms with E-state index in [1.54, 1.807) is 5.70 Å². The number of hydrogen-bond acceptors (Lipinski definition) is 1. The Morgan fingerprint density at radius 3 is 2.43 bits per heavy atom. The lowest BCUT2D eigenvalue weighted by Crippen LogP contribution is -2.09. The quantitative estimate of drug-likeness (QED) is 0.439. The molecular weight excluding hydrogens is 86.1 g/mol. The van der Waals surface area contributed by atoms with Crippen molar-refractivity contribution < 1.29 is 0 Å². The third-order valence-electron chi connectivity index (χ3n) is 1.97. The van der Waals surface area contributed by atoms with Gasteiger partial charge in [-0.2, -0.15) is 0 Å². The second-order valence-electron chi connectivity index (χ2n) is 2.42. The van der Waals surface area contributed by atoms with Crippen molar-refractivity contribution in [1.82, 2.24) is 4.90 Å². The van der Waals surface area contributed by atoms with Gasteiger partial charge in [0.25, 0.3) is 0 Å². The summed E-state index contributed by atoms with van der Waals surface area (Å²) in [6.45, 7) is 5.65. The van der Waals surface area contributed by atoms with Crippen LogP contribution in [-0.2, 0) is 0 Å². The van der Waals surface area contributed by atoms with Gasteiger partial charge in [0.05, 0.1) is 5.54 Å². The maximum Gasteiger partial charge on any atom is 0.0971 e. The van der Waals surface area contributed by atoms with Crippen molar-refractivity contribution in [3.63, 3.8) is 0 Å². The molecule has 7 heavy (non-hydrogen) atoms. The second-order valence-corrected chi connectivity index (χ2v) is 2.42. The van der Waals surface area contributed by atoms with Crippen LogP contribution in [0.4, 0.5) is 0 Å². The number of rotatable bonds is 1. The van der Waals surface area contributed by atoms with Crippen LogP contribution in [0.25, 0.3) is 0 Å². The molecule has 0 spiro atoms. The Bertz CT molecular complexity index is 148. The van der Waals surface area contributed by atoms with Gasteiger partial charge in [0.1, 0.15) is 0 Å². The highest BCUT2D eigenvalue weighted by molar-refractivity contribution is 5.59. The molecular formula is C6H9N.